The largest absolute Gasteiger partial charge is 0.352 e. The van der Waals surface area contributed by atoms with Crippen LogP contribution in [-0.4, -0.2) is 11.8 Å². The van der Waals surface area contributed by atoms with Crippen molar-refractivity contribution in [2.45, 2.75) is 25.8 Å². The first-order valence-electron chi connectivity index (χ1n) is 7.64. The Kier molecular flexibility index (Phi) is 6.65. The third-order valence-corrected chi connectivity index (χ3v) is 3.26. The molecular formula is C18H21N3O2. The molecule has 0 aromatic heterocycles. The van der Waals surface area contributed by atoms with Gasteiger partial charge < -0.3 is 5.32 Å². The number of anilines is 1. The summed E-state index contributed by atoms with van der Waals surface area (Å²) in [5.74, 6) is -0.178. The van der Waals surface area contributed by atoms with Gasteiger partial charge in [0.05, 0.1) is 5.69 Å². The average molecular weight is 311 g/mol. The van der Waals surface area contributed by atoms with Crippen molar-refractivity contribution in [3.05, 3.63) is 66.2 Å². The Balaban J connectivity index is 1.57. The first-order chi connectivity index (χ1) is 11.2. The van der Waals surface area contributed by atoms with Crippen LogP contribution in [0.4, 0.5) is 5.69 Å². The number of carbonyl (C=O) groups is 2. The quantitative estimate of drug-likeness (QED) is 0.656. The van der Waals surface area contributed by atoms with E-state index >= 15 is 0 Å². The van der Waals surface area contributed by atoms with Gasteiger partial charge >= 0.3 is 0 Å². The highest BCUT2D eigenvalue weighted by molar-refractivity contribution is 5.79. The van der Waals surface area contributed by atoms with Crippen molar-refractivity contribution in [2.24, 2.45) is 0 Å². The van der Waals surface area contributed by atoms with Gasteiger partial charge in [0.15, 0.2) is 0 Å². The Morgan fingerprint density at radius 2 is 1.39 bits per heavy atom. The maximum atomic E-state index is 11.7. The van der Waals surface area contributed by atoms with Gasteiger partial charge in [0.2, 0.25) is 11.8 Å². The van der Waals surface area contributed by atoms with Gasteiger partial charge in [0, 0.05) is 19.4 Å². The lowest BCUT2D eigenvalue weighted by atomic mass is 10.2. The van der Waals surface area contributed by atoms with Gasteiger partial charge in [-0.1, -0.05) is 48.5 Å². The Morgan fingerprint density at radius 1 is 0.783 bits per heavy atom. The SMILES string of the molecule is O=C(CCCC(=O)NNc1ccccc1)NCc1ccccc1. The van der Waals surface area contributed by atoms with Gasteiger partial charge in [-0.15, -0.1) is 0 Å². The molecule has 2 aromatic carbocycles. The molecule has 23 heavy (non-hydrogen) atoms. The molecule has 2 amide bonds. The maximum Gasteiger partial charge on any atom is 0.238 e. The van der Waals surface area contributed by atoms with Crippen molar-refractivity contribution in [1.29, 1.82) is 0 Å². The smallest absolute Gasteiger partial charge is 0.238 e. The van der Waals surface area contributed by atoms with Crippen LogP contribution in [0.3, 0.4) is 0 Å². The predicted molar refractivity (Wildman–Crippen MR) is 90.3 cm³/mol. The summed E-state index contributed by atoms with van der Waals surface area (Å²) in [6, 6.07) is 19.1. The van der Waals surface area contributed by atoms with Gasteiger partial charge in [-0.2, -0.15) is 0 Å². The fourth-order valence-electron chi connectivity index (χ4n) is 2.02. The second kappa shape index (κ2) is 9.25. The Labute approximate surface area is 136 Å². The van der Waals surface area contributed by atoms with E-state index in [2.05, 4.69) is 16.2 Å². The van der Waals surface area contributed by atoms with Crippen LogP contribution in [0.25, 0.3) is 0 Å². The van der Waals surface area contributed by atoms with Gasteiger partial charge in [-0.25, -0.2) is 0 Å². The number of para-hydroxylation sites is 1. The Bertz CT molecular complexity index is 559. The summed E-state index contributed by atoms with van der Waals surface area (Å²) in [6.07, 6.45) is 1.16. The molecule has 0 aliphatic carbocycles. The van der Waals surface area contributed by atoms with Crippen LogP contribution in [0, 0.1) is 0 Å². The zero-order valence-electron chi connectivity index (χ0n) is 12.9. The van der Waals surface area contributed by atoms with Crippen molar-refractivity contribution in [2.75, 3.05) is 5.43 Å². The third-order valence-electron chi connectivity index (χ3n) is 3.26. The summed E-state index contributed by atoms with van der Waals surface area (Å²) < 4.78 is 0. The molecule has 2 aromatic rings. The van der Waals surface area contributed by atoms with Crippen LogP contribution < -0.4 is 16.2 Å². The molecule has 3 N–H and O–H groups in total. The fourth-order valence-corrected chi connectivity index (χ4v) is 2.02. The normalized spacial score (nSPS) is 9.91. The van der Waals surface area contributed by atoms with Crippen LogP contribution in [0.1, 0.15) is 24.8 Å². The van der Waals surface area contributed by atoms with E-state index in [-0.39, 0.29) is 11.8 Å². The first kappa shape index (κ1) is 16.5. The Hall–Kier alpha value is -2.82. The molecule has 0 radical (unpaired) electrons. The minimum atomic E-state index is -0.135. The number of benzene rings is 2. The summed E-state index contributed by atoms with van der Waals surface area (Å²) in [6.45, 7) is 0.515. The van der Waals surface area contributed by atoms with E-state index in [0.29, 0.717) is 25.8 Å². The van der Waals surface area contributed by atoms with Gasteiger partial charge in [-0.3, -0.25) is 20.4 Å². The lowest BCUT2D eigenvalue weighted by Gasteiger charge is -2.08. The summed E-state index contributed by atoms with van der Waals surface area (Å²) in [5, 5.41) is 2.84. The lowest BCUT2D eigenvalue weighted by molar-refractivity contribution is -0.122. The van der Waals surface area contributed by atoms with Crippen molar-refractivity contribution in [3.63, 3.8) is 0 Å². The third kappa shape index (κ3) is 6.65. The molecule has 0 aliphatic rings. The number of hydrogen-bond donors (Lipinski definition) is 3. The molecule has 0 saturated carbocycles. The molecule has 2 rings (SSSR count). The summed E-state index contributed by atoms with van der Waals surface area (Å²) in [5.41, 5.74) is 7.32. The molecule has 0 aliphatic heterocycles. The molecule has 0 spiro atoms. The zero-order valence-corrected chi connectivity index (χ0v) is 12.9. The fraction of sp³-hybridized carbons (Fsp3) is 0.222. The van der Waals surface area contributed by atoms with Gasteiger partial charge in [-0.05, 0) is 24.1 Å². The van der Waals surface area contributed by atoms with Gasteiger partial charge in [0.25, 0.3) is 0 Å². The minimum absolute atomic E-state index is 0.0438. The molecule has 0 unspecified atom stereocenters. The molecule has 0 heterocycles. The molecule has 0 fully saturated rings. The lowest BCUT2D eigenvalue weighted by Crippen LogP contribution is -2.29. The molecule has 5 nitrogen and oxygen atoms in total. The second-order valence-corrected chi connectivity index (χ2v) is 5.16. The Morgan fingerprint density at radius 3 is 2.09 bits per heavy atom. The van der Waals surface area contributed by atoms with Crippen LogP contribution >= 0.6 is 0 Å². The summed E-state index contributed by atoms with van der Waals surface area (Å²) >= 11 is 0. The monoisotopic (exact) mass is 311 g/mol. The molecule has 5 heteroatoms. The van der Waals surface area contributed by atoms with Crippen molar-refractivity contribution in [1.82, 2.24) is 10.7 Å². The van der Waals surface area contributed by atoms with E-state index < -0.39 is 0 Å². The number of nitrogens with one attached hydrogen (secondary N) is 3. The summed E-state index contributed by atoms with van der Waals surface area (Å²) in [7, 11) is 0. The molecular weight excluding hydrogens is 290 g/mol. The number of carbonyl (C=O) groups excluding carboxylic acids is 2. The van der Waals surface area contributed by atoms with E-state index in [9.17, 15) is 9.59 Å². The number of rotatable bonds is 8. The van der Waals surface area contributed by atoms with Crippen molar-refractivity contribution in [3.8, 4) is 0 Å². The molecule has 0 atom stereocenters. The maximum absolute atomic E-state index is 11.7. The van der Waals surface area contributed by atoms with Crippen LogP contribution in [0.2, 0.25) is 0 Å². The van der Waals surface area contributed by atoms with E-state index in [1.54, 1.807) is 0 Å². The van der Waals surface area contributed by atoms with Crippen molar-refractivity contribution < 1.29 is 9.59 Å². The van der Waals surface area contributed by atoms with Crippen LogP contribution in [0.5, 0.6) is 0 Å². The summed E-state index contributed by atoms with van der Waals surface area (Å²) in [4.78, 5) is 23.4. The number of amides is 2. The topological polar surface area (TPSA) is 70.2 Å². The second-order valence-electron chi connectivity index (χ2n) is 5.16. The highest BCUT2D eigenvalue weighted by atomic mass is 16.2. The highest BCUT2D eigenvalue weighted by Gasteiger charge is 2.05. The van der Waals surface area contributed by atoms with Crippen LogP contribution in [-0.2, 0) is 16.1 Å². The first-order valence-corrected chi connectivity index (χ1v) is 7.64. The van der Waals surface area contributed by atoms with E-state index in [1.165, 1.54) is 0 Å². The zero-order chi connectivity index (χ0) is 16.3. The average Bonchev–Trinajstić information content (AvgIpc) is 2.60. The van der Waals surface area contributed by atoms with E-state index in [0.717, 1.165) is 11.3 Å². The minimum Gasteiger partial charge on any atom is -0.352 e. The van der Waals surface area contributed by atoms with Gasteiger partial charge in [0.1, 0.15) is 0 Å². The molecule has 0 saturated heterocycles. The number of hydrogen-bond acceptors (Lipinski definition) is 3. The standard InChI is InChI=1S/C18H21N3O2/c22-17(19-14-15-8-3-1-4-9-15)12-7-13-18(23)21-20-16-10-5-2-6-11-16/h1-6,8-11,20H,7,12-14H2,(H,19,22)(H,21,23). The van der Waals surface area contributed by atoms with E-state index in [1.807, 2.05) is 60.7 Å². The molecule has 120 valence electrons. The van der Waals surface area contributed by atoms with E-state index in [4.69, 9.17) is 0 Å². The number of hydrazine groups is 1. The molecule has 0 bridgehead atoms. The van der Waals surface area contributed by atoms with Crippen molar-refractivity contribution >= 4 is 17.5 Å². The highest BCUT2D eigenvalue weighted by Crippen LogP contribution is 2.03. The van der Waals surface area contributed by atoms with Crippen LogP contribution in [0.15, 0.2) is 60.7 Å². The predicted octanol–water partition coefficient (Wildman–Crippen LogP) is 2.62.